The fourth-order valence-electron chi connectivity index (χ4n) is 2.22. The van der Waals surface area contributed by atoms with Crippen LogP contribution in [0.5, 0.6) is 11.5 Å². The van der Waals surface area contributed by atoms with E-state index in [1.54, 1.807) is 6.08 Å². The van der Waals surface area contributed by atoms with Gasteiger partial charge < -0.3 is 14.8 Å². The van der Waals surface area contributed by atoms with E-state index in [0.29, 0.717) is 19.0 Å². The molecule has 4 heteroatoms. The van der Waals surface area contributed by atoms with Crippen LogP contribution in [0.2, 0.25) is 0 Å². The van der Waals surface area contributed by atoms with E-state index in [9.17, 15) is 4.79 Å². The van der Waals surface area contributed by atoms with Gasteiger partial charge in [-0.3, -0.25) is 4.79 Å². The Kier molecular flexibility index (Phi) is 7.57. The molecular weight excluding hydrogens is 314 g/mol. The van der Waals surface area contributed by atoms with Gasteiger partial charge in [0.2, 0.25) is 5.91 Å². The van der Waals surface area contributed by atoms with Crippen LogP contribution in [0.15, 0.2) is 54.6 Å². The lowest BCUT2D eigenvalue weighted by molar-refractivity contribution is -0.111. The van der Waals surface area contributed by atoms with Crippen LogP contribution in [-0.2, 0) is 4.79 Å². The number of para-hydroxylation sites is 1. The maximum absolute atomic E-state index is 12.0. The highest BCUT2D eigenvalue weighted by molar-refractivity contribution is 6.01. The van der Waals surface area contributed by atoms with Crippen LogP contribution >= 0.6 is 0 Å². The molecule has 2 aromatic rings. The molecule has 25 heavy (non-hydrogen) atoms. The molecule has 0 spiro atoms. The maximum atomic E-state index is 12.0. The molecule has 0 saturated heterocycles. The Labute approximate surface area is 149 Å². The summed E-state index contributed by atoms with van der Waals surface area (Å²) in [5.41, 5.74) is 1.65. The number of ether oxygens (including phenoxy) is 2. The summed E-state index contributed by atoms with van der Waals surface area (Å²) in [5, 5.41) is 2.82. The van der Waals surface area contributed by atoms with Gasteiger partial charge in [-0.05, 0) is 49.2 Å². The second kappa shape index (κ2) is 10.2. The van der Waals surface area contributed by atoms with Crippen molar-refractivity contribution in [1.29, 1.82) is 0 Å². The Morgan fingerprint density at radius 1 is 1.04 bits per heavy atom. The van der Waals surface area contributed by atoms with E-state index >= 15 is 0 Å². The standard InChI is InChI=1S/C21H25NO3/c1-3-5-15-25-19-13-11-17(16-20(19)24-4-2)12-14-21(23)22-18-9-7-6-8-10-18/h6-14,16H,3-5,15H2,1-2H3,(H,22,23)/b14-12+. The first-order valence-corrected chi connectivity index (χ1v) is 8.66. The fourth-order valence-corrected chi connectivity index (χ4v) is 2.22. The van der Waals surface area contributed by atoms with E-state index in [4.69, 9.17) is 9.47 Å². The van der Waals surface area contributed by atoms with Crippen LogP contribution < -0.4 is 14.8 Å². The van der Waals surface area contributed by atoms with Gasteiger partial charge in [0.25, 0.3) is 0 Å². The summed E-state index contributed by atoms with van der Waals surface area (Å²) >= 11 is 0. The average Bonchev–Trinajstić information content (AvgIpc) is 2.63. The molecule has 0 fully saturated rings. The lowest BCUT2D eigenvalue weighted by Crippen LogP contribution is -2.07. The number of unbranched alkanes of at least 4 members (excludes halogenated alkanes) is 1. The van der Waals surface area contributed by atoms with Crippen LogP contribution in [0.25, 0.3) is 6.08 Å². The molecule has 0 aliphatic rings. The van der Waals surface area contributed by atoms with Crippen LogP contribution in [0.3, 0.4) is 0 Å². The fraction of sp³-hybridized carbons (Fsp3) is 0.286. The van der Waals surface area contributed by atoms with Crippen molar-refractivity contribution in [1.82, 2.24) is 0 Å². The number of hydrogen-bond donors (Lipinski definition) is 1. The third kappa shape index (κ3) is 6.34. The van der Waals surface area contributed by atoms with Gasteiger partial charge >= 0.3 is 0 Å². The summed E-state index contributed by atoms with van der Waals surface area (Å²) < 4.78 is 11.4. The molecule has 2 rings (SSSR count). The zero-order chi connectivity index (χ0) is 17.9. The van der Waals surface area contributed by atoms with E-state index < -0.39 is 0 Å². The van der Waals surface area contributed by atoms with Crippen molar-refractivity contribution in [3.05, 3.63) is 60.2 Å². The minimum atomic E-state index is -0.174. The van der Waals surface area contributed by atoms with Gasteiger partial charge in [0.05, 0.1) is 13.2 Å². The molecule has 132 valence electrons. The summed E-state index contributed by atoms with van der Waals surface area (Å²) in [7, 11) is 0. The monoisotopic (exact) mass is 339 g/mol. The number of amides is 1. The lowest BCUT2D eigenvalue weighted by atomic mass is 10.2. The molecule has 0 aliphatic heterocycles. The van der Waals surface area contributed by atoms with Crippen molar-refractivity contribution in [3.63, 3.8) is 0 Å². The van der Waals surface area contributed by atoms with Gasteiger partial charge in [-0.15, -0.1) is 0 Å². The summed E-state index contributed by atoms with van der Waals surface area (Å²) in [6.07, 6.45) is 5.36. The molecular formula is C21H25NO3. The number of nitrogens with one attached hydrogen (secondary N) is 1. The number of benzene rings is 2. The average molecular weight is 339 g/mol. The molecule has 0 bridgehead atoms. The first kappa shape index (κ1) is 18.6. The first-order valence-electron chi connectivity index (χ1n) is 8.66. The van der Waals surface area contributed by atoms with Crippen LogP contribution in [-0.4, -0.2) is 19.1 Å². The van der Waals surface area contributed by atoms with Gasteiger partial charge in [0.1, 0.15) is 0 Å². The molecule has 0 atom stereocenters. The highest BCUT2D eigenvalue weighted by Gasteiger charge is 2.06. The Hall–Kier alpha value is -2.75. The zero-order valence-electron chi connectivity index (χ0n) is 14.8. The summed E-state index contributed by atoms with van der Waals surface area (Å²) in [6.45, 7) is 5.30. The Bertz CT molecular complexity index is 696. The molecule has 0 unspecified atom stereocenters. The first-order chi connectivity index (χ1) is 12.2. The molecule has 0 aromatic heterocycles. The van der Waals surface area contributed by atoms with Crippen molar-refractivity contribution < 1.29 is 14.3 Å². The van der Waals surface area contributed by atoms with E-state index in [1.165, 1.54) is 6.08 Å². The lowest BCUT2D eigenvalue weighted by Gasteiger charge is -2.12. The van der Waals surface area contributed by atoms with Crippen molar-refractivity contribution in [2.24, 2.45) is 0 Å². The van der Waals surface area contributed by atoms with Crippen molar-refractivity contribution >= 4 is 17.7 Å². The van der Waals surface area contributed by atoms with E-state index in [0.717, 1.165) is 29.8 Å². The van der Waals surface area contributed by atoms with Crippen molar-refractivity contribution in [3.8, 4) is 11.5 Å². The SMILES string of the molecule is CCCCOc1ccc(/C=C/C(=O)Nc2ccccc2)cc1OCC. The molecule has 1 amide bonds. The molecule has 0 aliphatic carbocycles. The second-order valence-electron chi connectivity index (χ2n) is 5.53. The van der Waals surface area contributed by atoms with Gasteiger partial charge in [-0.2, -0.15) is 0 Å². The van der Waals surface area contributed by atoms with Gasteiger partial charge in [-0.1, -0.05) is 37.6 Å². The number of rotatable bonds is 9. The third-order valence-corrected chi connectivity index (χ3v) is 3.49. The topological polar surface area (TPSA) is 47.6 Å². The number of anilines is 1. The van der Waals surface area contributed by atoms with Crippen molar-refractivity contribution in [2.45, 2.75) is 26.7 Å². The van der Waals surface area contributed by atoms with E-state index in [-0.39, 0.29) is 5.91 Å². The smallest absolute Gasteiger partial charge is 0.248 e. The predicted octanol–water partition coefficient (Wildman–Crippen LogP) is 4.92. The minimum absolute atomic E-state index is 0.174. The summed E-state index contributed by atoms with van der Waals surface area (Å²) in [5.74, 6) is 1.26. The number of carbonyl (C=O) groups excluding carboxylic acids is 1. The molecule has 1 N–H and O–H groups in total. The number of carbonyl (C=O) groups is 1. The molecule has 4 nitrogen and oxygen atoms in total. The third-order valence-electron chi connectivity index (χ3n) is 3.49. The molecule has 0 heterocycles. The zero-order valence-corrected chi connectivity index (χ0v) is 14.8. The maximum Gasteiger partial charge on any atom is 0.248 e. The van der Waals surface area contributed by atoms with E-state index in [1.807, 2.05) is 55.5 Å². The largest absolute Gasteiger partial charge is 0.490 e. The van der Waals surface area contributed by atoms with E-state index in [2.05, 4.69) is 12.2 Å². The van der Waals surface area contributed by atoms with Crippen LogP contribution in [0, 0.1) is 0 Å². The highest BCUT2D eigenvalue weighted by atomic mass is 16.5. The highest BCUT2D eigenvalue weighted by Crippen LogP contribution is 2.29. The predicted molar refractivity (Wildman–Crippen MR) is 102 cm³/mol. The van der Waals surface area contributed by atoms with Crippen LogP contribution in [0.4, 0.5) is 5.69 Å². The Morgan fingerprint density at radius 3 is 2.56 bits per heavy atom. The molecule has 0 saturated carbocycles. The summed E-state index contributed by atoms with van der Waals surface area (Å²) in [4.78, 5) is 12.0. The quantitative estimate of drug-likeness (QED) is 0.521. The minimum Gasteiger partial charge on any atom is -0.490 e. The second-order valence-corrected chi connectivity index (χ2v) is 5.53. The molecule has 0 radical (unpaired) electrons. The Balaban J connectivity index is 2.02. The van der Waals surface area contributed by atoms with Gasteiger partial charge in [0.15, 0.2) is 11.5 Å². The normalized spacial score (nSPS) is 10.6. The summed E-state index contributed by atoms with van der Waals surface area (Å²) in [6, 6.07) is 15.0. The Morgan fingerprint density at radius 2 is 1.84 bits per heavy atom. The van der Waals surface area contributed by atoms with Crippen LogP contribution in [0.1, 0.15) is 32.3 Å². The van der Waals surface area contributed by atoms with Gasteiger partial charge in [0, 0.05) is 11.8 Å². The van der Waals surface area contributed by atoms with Gasteiger partial charge in [-0.25, -0.2) is 0 Å². The number of hydrogen-bond acceptors (Lipinski definition) is 3. The van der Waals surface area contributed by atoms with Crippen molar-refractivity contribution in [2.75, 3.05) is 18.5 Å². The molecule has 2 aromatic carbocycles.